The lowest BCUT2D eigenvalue weighted by molar-refractivity contribution is 0.709. The molecule has 0 fully saturated rings. The van der Waals surface area contributed by atoms with Gasteiger partial charge in [-0.1, -0.05) is 19.4 Å². The topological polar surface area (TPSA) is 36.2 Å². The maximum atomic E-state index is 11.9. The molecule has 0 aliphatic heterocycles. The molecule has 0 rings (SSSR count). The second-order valence-electron chi connectivity index (χ2n) is 2.28. The van der Waals surface area contributed by atoms with Gasteiger partial charge in [-0.15, -0.1) is 0 Å². The summed E-state index contributed by atoms with van der Waals surface area (Å²) in [5.41, 5.74) is 7.56. The van der Waals surface area contributed by atoms with Crippen molar-refractivity contribution in [2.45, 2.75) is 26.7 Å². The molecule has 0 bridgehead atoms. The van der Waals surface area contributed by atoms with Crippen molar-refractivity contribution in [3.8, 4) is 0 Å². The molecule has 0 amide bonds. The highest BCUT2D eigenvalue weighted by atomic mass is 19.1. The number of unbranched alkanes of at least 4 members (excludes halogenated alkanes) is 1. The van der Waals surface area contributed by atoms with E-state index in [0.717, 1.165) is 12.8 Å². The molecule has 0 saturated heterocycles. The lowest BCUT2D eigenvalue weighted by atomic mass is 10.2. The van der Waals surface area contributed by atoms with E-state index in [1.807, 2.05) is 6.92 Å². The van der Waals surface area contributed by atoms with Crippen LogP contribution in [0.15, 0.2) is 28.8 Å². The molecule has 0 heterocycles. The number of nitrogens with one attached hydrogen (secondary N) is 1. The van der Waals surface area contributed by atoms with E-state index in [4.69, 9.17) is 5.53 Å². The maximum absolute atomic E-state index is 11.9. The Bertz CT molecular complexity index is 183. The molecule has 0 aliphatic rings. The Morgan fingerprint density at radius 3 is 2.64 bits per heavy atom. The summed E-state index contributed by atoms with van der Waals surface area (Å²) in [5.74, 6) is 0. The molecule has 0 saturated carbocycles. The summed E-state index contributed by atoms with van der Waals surface area (Å²) < 4.78 is 11.9. The van der Waals surface area contributed by atoms with Crippen LogP contribution in [0.25, 0.3) is 0 Å². The van der Waals surface area contributed by atoms with E-state index >= 15 is 0 Å². The highest BCUT2D eigenvalue weighted by Gasteiger charge is 1.95. The Labute approximate surface area is 66.3 Å². The molecule has 0 radical (unpaired) electrons. The zero-order valence-corrected chi connectivity index (χ0v) is 6.89. The SMILES string of the molecule is CCC/C=C(N=N)\C(C)=C/F. The van der Waals surface area contributed by atoms with E-state index in [9.17, 15) is 4.39 Å². The Morgan fingerprint density at radius 2 is 2.27 bits per heavy atom. The Morgan fingerprint density at radius 1 is 1.64 bits per heavy atom. The molecule has 0 aromatic heterocycles. The molecule has 0 aromatic carbocycles. The summed E-state index contributed by atoms with van der Waals surface area (Å²) in [7, 11) is 0. The Balaban J connectivity index is 4.27. The highest BCUT2D eigenvalue weighted by Crippen LogP contribution is 2.11. The van der Waals surface area contributed by atoms with Crippen LogP contribution in [0.5, 0.6) is 0 Å². The van der Waals surface area contributed by atoms with E-state index in [1.54, 1.807) is 13.0 Å². The van der Waals surface area contributed by atoms with E-state index < -0.39 is 0 Å². The number of hydrogen-bond acceptors (Lipinski definition) is 2. The molecule has 3 heteroatoms. The fraction of sp³-hybridized carbons (Fsp3) is 0.500. The summed E-state index contributed by atoms with van der Waals surface area (Å²) in [4.78, 5) is 0. The highest BCUT2D eigenvalue weighted by molar-refractivity contribution is 5.25. The van der Waals surface area contributed by atoms with Crippen LogP contribution >= 0.6 is 0 Å². The number of allylic oxidation sites excluding steroid dienone is 2. The van der Waals surface area contributed by atoms with Gasteiger partial charge in [-0.25, -0.2) is 9.92 Å². The van der Waals surface area contributed by atoms with Gasteiger partial charge in [-0.3, -0.25) is 0 Å². The minimum atomic E-state index is 0.411. The average Bonchev–Trinajstić information content (AvgIpc) is 2.05. The van der Waals surface area contributed by atoms with Crippen molar-refractivity contribution in [3.63, 3.8) is 0 Å². The third kappa shape index (κ3) is 3.65. The van der Waals surface area contributed by atoms with E-state index in [1.165, 1.54) is 0 Å². The van der Waals surface area contributed by atoms with E-state index in [2.05, 4.69) is 5.11 Å². The number of hydrogen-bond donors (Lipinski definition) is 1. The van der Waals surface area contributed by atoms with Crippen LogP contribution in [0.1, 0.15) is 26.7 Å². The van der Waals surface area contributed by atoms with Crippen molar-refractivity contribution in [1.82, 2.24) is 0 Å². The first-order chi connectivity index (χ1) is 5.26. The summed E-state index contributed by atoms with van der Waals surface area (Å²) in [6, 6.07) is 0. The Hall–Kier alpha value is -0.990. The summed E-state index contributed by atoms with van der Waals surface area (Å²) in [6.45, 7) is 3.62. The standard InChI is InChI=1S/C8H13FN2/c1-3-4-5-8(11-10)7(2)6-9/h5-6,10H,3-4H2,1-2H3/b7-6-,8-5+,11-10?. The van der Waals surface area contributed by atoms with Crippen LogP contribution in [-0.4, -0.2) is 0 Å². The fourth-order valence-corrected chi connectivity index (χ4v) is 0.632. The van der Waals surface area contributed by atoms with Crippen LogP contribution in [0, 0.1) is 5.53 Å². The third-order valence-electron chi connectivity index (χ3n) is 1.31. The second-order valence-corrected chi connectivity index (χ2v) is 2.28. The zero-order valence-electron chi connectivity index (χ0n) is 6.89. The van der Waals surface area contributed by atoms with Crippen molar-refractivity contribution in [1.29, 1.82) is 5.53 Å². The van der Waals surface area contributed by atoms with Crippen LogP contribution in [0.4, 0.5) is 4.39 Å². The molecule has 2 nitrogen and oxygen atoms in total. The van der Waals surface area contributed by atoms with Crippen LogP contribution in [0.3, 0.4) is 0 Å². The molecule has 62 valence electrons. The van der Waals surface area contributed by atoms with Gasteiger partial charge in [0.15, 0.2) is 0 Å². The van der Waals surface area contributed by atoms with Gasteiger partial charge in [0.1, 0.15) is 0 Å². The normalized spacial score (nSPS) is 13.4. The van der Waals surface area contributed by atoms with Crippen molar-refractivity contribution in [3.05, 3.63) is 23.7 Å². The van der Waals surface area contributed by atoms with Crippen LogP contribution < -0.4 is 0 Å². The first-order valence-corrected chi connectivity index (χ1v) is 3.61. The second kappa shape index (κ2) is 5.77. The fourth-order valence-electron chi connectivity index (χ4n) is 0.632. The molecule has 0 atom stereocenters. The largest absolute Gasteiger partial charge is 0.215 e. The van der Waals surface area contributed by atoms with Crippen molar-refractivity contribution >= 4 is 0 Å². The molecular formula is C8H13FN2. The predicted molar refractivity (Wildman–Crippen MR) is 43.0 cm³/mol. The van der Waals surface area contributed by atoms with Gasteiger partial charge in [0.25, 0.3) is 0 Å². The summed E-state index contributed by atoms with van der Waals surface area (Å²) in [6.07, 6.45) is 4.05. The minimum Gasteiger partial charge on any atom is -0.215 e. The molecular weight excluding hydrogens is 143 g/mol. The first-order valence-electron chi connectivity index (χ1n) is 3.61. The number of halogens is 1. The van der Waals surface area contributed by atoms with Gasteiger partial charge in [-0.05, 0) is 13.3 Å². The molecule has 0 aromatic rings. The lowest BCUT2D eigenvalue weighted by Crippen LogP contribution is -1.79. The minimum absolute atomic E-state index is 0.411. The van der Waals surface area contributed by atoms with Crippen LogP contribution in [0.2, 0.25) is 0 Å². The maximum Gasteiger partial charge on any atom is 0.0918 e. The first kappa shape index (κ1) is 10.0. The van der Waals surface area contributed by atoms with Gasteiger partial charge < -0.3 is 0 Å². The van der Waals surface area contributed by atoms with E-state index in [-0.39, 0.29) is 0 Å². The van der Waals surface area contributed by atoms with Crippen molar-refractivity contribution < 1.29 is 4.39 Å². The number of rotatable bonds is 4. The van der Waals surface area contributed by atoms with E-state index in [0.29, 0.717) is 17.6 Å². The smallest absolute Gasteiger partial charge is 0.0918 e. The summed E-state index contributed by atoms with van der Waals surface area (Å²) in [5, 5.41) is 3.20. The lowest BCUT2D eigenvalue weighted by Gasteiger charge is -1.95. The monoisotopic (exact) mass is 156 g/mol. The number of nitrogens with zero attached hydrogens (tertiary/aromatic N) is 1. The van der Waals surface area contributed by atoms with Gasteiger partial charge in [0.2, 0.25) is 0 Å². The van der Waals surface area contributed by atoms with Gasteiger partial charge >= 0.3 is 0 Å². The van der Waals surface area contributed by atoms with Gasteiger partial charge in [-0.2, -0.15) is 5.11 Å². The molecule has 1 N–H and O–H groups in total. The molecule has 0 spiro atoms. The molecule has 0 unspecified atom stereocenters. The van der Waals surface area contributed by atoms with Crippen LogP contribution in [-0.2, 0) is 0 Å². The van der Waals surface area contributed by atoms with Gasteiger partial charge in [0, 0.05) is 5.57 Å². The summed E-state index contributed by atoms with van der Waals surface area (Å²) >= 11 is 0. The predicted octanol–water partition coefficient (Wildman–Crippen LogP) is 3.57. The molecule has 0 aliphatic carbocycles. The quantitative estimate of drug-likeness (QED) is 0.477. The third-order valence-corrected chi connectivity index (χ3v) is 1.31. The Kier molecular flexibility index (Phi) is 5.25. The average molecular weight is 156 g/mol. The van der Waals surface area contributed by atoms with Crippen molar-refractivity contribution in [2.75, 3.05) is 0 Å². The zero-order chi connectivity index (χ0) is 8.69. The van der Waals surface area contributed by atoms with Crippen molar-refractivity contribution in [2.24, 2.45) is 5.11 Å². The van der Waals surface area contributed by atoms with Gasteiger partial charge in [0.05, 0.1) is 12.0 Å². The molecule has 11 heavy (non-hydrogen) atoms.